The summed E-state index contributed by atoms with van der Waals surface area (Å²) in [6.07, 6.45) is 0.608. The number of hydrogen-bond donors (Lipinski definition) is 1. The first-order valence-corrected chi connectivity index (χ1v) is 4.54. The van der Waals surface area contributed by atoms with Crippen LogP contribution in [-0.2, 0) is 9.53 Å². The molecule has 0 bridgehead atoms. The number of carbonyl (C=O) groups is 1. The van der Waals surface area contributed by atoms with Gasteiger partial charge >= 0.3 is 5.97 Å². The van der Waals surface area contributed by atoms with Crippen LogP contribution in [0.15, 0.2) is 5.11 Å². The highest BCUT2D eigenvalue weighted by Crippen LogP contribution is 2.24. The fourth-order valence-corrected chi connectivity index (χ4v) is 1.66. The zero-order valence-corrected chi connectivity index (χ0v) is 7.96. The lowest BCUT2D eigenvalue weighted by atomic mass is 9.90. The van der Waals surface area contributed by atoms with Gasteiger partial charge in [0.15, 0.2) is 0 Å². The summed E-state index contributed by atoms with van der Waals surface area (Å²) in [5, 5.41) is 13.1. The smallest absolute Gasteiger partial charge is 0.303 e. The molecule has 14 heavy (non-hydrogen) atoms. The molecule has 0 aromatic rings. The largest absolute Gasteiger partial charge is 0.459 e. The number of aliphatic hydroxyl groups is 1. The minimum atomic E-state index is -0.719. The Balaban J connectivity index is 2.69. The molecule has 0 aromatic carbocycles. The normalized spacial score (nSPS) is 31.7. The van der Waals surface area contributed by atoms with Crippen LogP contribution < -0.4 is 0 Å². The number of ether oxygens (including phenoxy) is 1. The maximum atomic E-state index is 10.7. The van der Waals surface area contributed by atoms with Gasteiger partial charge in [0.2, 0.25) is 0 Å². The van der Waals surface area contributed by atoms with Gasteiger partial charge in [-0.2, -0.15) is 0 Å². The Bertz CT molecular complexity index is 263. The molecule has 1 aliphatic carbocycles. The Morgan fingerprint density at radius 1 is 1.64 bits per heavy atom. The Labute approximate surface area is 81.5 Å². The first-order chi connectivity index (χ1) is 6.65. The molecule has 0 radical (unpaired) electrons. The predicted molar refractivity (Wildman–Crippen MR) is 48.3 cm³/mol. The van der Waals surface area contributed by atoms with Crippen LogP contribution in [-0.4, -0.2) is 29.3 Å². The number of hydrogen-bond acceptors (Lipinski definition) is 4. The van der Waals surface area contributed by atoms with Crippen LogP contribution in [0.1, 0.15) is 26.2 Å². The lowest BCUT2D eigenvalue weighted by Crippen LogP contribution is -2.43. The van der Waals surface area contributed by atoms with Gasteiger partial charge in [0.25, 0.3) is 0 Å². The van der Waals surface area contributed by atoms with Gasteiger partial charge in [0.1, 0.15) is 6.10 Å². The van der Waals surface area contributed by atoms with E-state index in [2.05, 4.69) is 10.0 Å². The third-order valence-electron chi connectivity index (χ3n) is 2.26. The van der Waals surface area contributed by atoms with E-state index >= 15 is 0 Å². The van der Waals surface area contributed by atoms with E-state index < -0.39 is 24.2 Å². The van der Waals surface area contributed by atoms with Crippen molar-refractivity contribution in [1.82, 2.24) is 0 Å². The van der Waals surface area contributed by atoms with E-state index in [4.69, 9.17) is 10.3 Å². The lowest BCUT2D eigenvalue weighted by molar-refractivity contribution is -0.156. The lowest BCUT2D eigenvalue weighted by Gasteiger charge is -2.31. The Kier molecular flexibility index (Phi) is 3.73. The molecule has 0 aliphatic heterocycles. The average Bonchev–Trinajstić information content (AvgIpc) is 2.11. The molecule has 3 unspecified atom stereocenters. The Hall–Kier alpha value is -1.26. The van der Waals surface area contributed by atoms with E-state index in [-0.39, 0.29) is 0 Å². The molecule has 1 rings (SSSR count). The van der Waals surface area contributed by atoms with Gasteiger partial charge in [0, 0.05) is 11.8 Å². The summed E-state index contributed by atoms with van der Waals surface area (Å²) in [6, 6.07) is -0.437. The van der Waals surface area contributed by atoms with Crippen LogP contribution in [0.2, 0.25) is 0 Å². The summed E-state index contributed by atoms with van der Waals surface area (Å²) < 4.78 is 4.91. The average molecular weight is 199 g/mol. The topological polar surface area (TPSA) is 95.3 Å². The van der Waals surface area contributed by atoms with Gasteiger partial charge in [-0.05, 0) is 18.4 Å². The van der Waals surface area contributed by atoms with Crippen molar-refractivity contribution in [2.75, 3.05) is 0 Å². The van der Waals surface area contributed by atoms with Crippen molar-refractivity contribution in [2.45, 2.75) is 44.4 Å². The van der Waals surface area contributed by atoms with Crippen molar-refractivity contribution in [1.29, 1.82) is 0 Å². The third-order valence-corrected chi connectivity index (χ3v) is 2.26. The van der Waals surface area contributed by atoms with Crippen LogP contribution in [0.25, 0.3) is 10.4 Å². The van der Waals surface area contributed by atoms with Crippen molar-refractivity contribution >= 4 is 5.97 Å². The van der Waals surface area contributed by atoms with E-state index in [1.54, 1.807) is 0 Å². The van der Waals surface area contributed by atoms with Crippen LogP contribution in [0, 0.1) is 0 Å². The summed E-state index contributed by atoms with van der Waals surface area (Å²) in [4.78, 5) is 13.4. The Morgan fingerprint density at radius 2 is 2.36 bits per heavy atom. The molecule has 1 fully saturated rings. The van der Waals surface area contributed by atoms with Crippen molar-refractivity contribution < 1.29 is 14.6 Å². The minimum absolute atomic E-state index is 0.437. The molecule has 6 heteroatoms. The number of carbonyl (C=O) groups excluding carboxylic acids is 1. The molecule has 1 aliphatic rings. The van der Waals surface area contributed by atoms with Gasteiger partial charge in [-0.3, -0.25) is 4.79 Å². The molecule has 0 heterocycles. The van der Waals surface area contributed by atoms with Crippen LogP contribution >= 0.6 is 0 Å². The van der Waals surface area contributed by atoms with Gasteiger partial charge in [-0.1, -0.05) is 11.5 Å². The fraction of sp³-hybridized carbons (Fsp3) is 0.875. The maximum Gasteiger partial charge on any atom is 0.303 e. The molecule has 6 nitrogen and oxygen atoms in total. The van der Waals surface area contributed by atoms with Crippen molar-refractivity contribution in [3.63, 3.8) is 0 Å². The van der Waals surface area contributed by atoms with Crippen LogP contribution in [0.5, 0.6) is 0 Å². The first kappa shape index (κ1) is 10.8. The van der Waals surface area contributed by atoms with Gasteiger partial charge in [-0.25, -0.2) is 0 Å². The van der Waals surface area contributed by atoms with E-state index in [1.165, 1.54) is 6.92 Å². The summed E-state index contributed by atoms with van der Waals surface area (Å²) in [5.74, 6) is -0.464. The van der Waals surface area contributed by atoms with Gasteiger partial charge < -0.3 is 9.84 Å². The number of esters is 1. The molecule has 3 atom stereocenters. The zero-order chi connectivity index (χ0) is 10.6. The van der Waals surface area contributed by atoms with Crippen LogP contribution in [0.4, 0.5) is 0 Å². The molecule has 78 valence electrons. The quantitative estimate of drug-likeness (QED) is 0.312. The standard InChI is InChI=1S/C8H13N3O3/c1-5(12)14-8-6(10-11-9)3-2-4-7(8)13/h6-8,13H,2-4H2,1H3. The highest BCUT2D eigenvalue weighted by molar-refractivity contribution is 5.66. The second-order valence-corrected chi connectivity index (χ2v) is 3.34. The SMILES string of the molecule is CC(=O)OC1C(O)CCCC1N=[N+]=[N-]. The highest BCUT2D eigenvalue weighted by atomic mass is 16.6. The number of nitrogens with zero attached hydrogens (tertiary/aromatic N) is 3. The molecule has 0 spiro atoms. The Morgan fingerprint density at radius 3 is 2.93 bits per heavy atom. The fourth-order valence-electron chi connectivity index (χ4n) is 1.66. The van der Waals surface area contributed by atoms with Crippen LogP contribution in [0.3, 0.4) is 0 Å². The summed E-state index contributed by atoms with van der Waals surface area (Å²) in [7, 11) is 0. The minimum Gasteiger partial charge on any atom is -0.459 e. The van der Waals surface area contributed by atoms with E-state index in [9.17, 15) is 9.90 Å². The molecular formula is C8H13N3O3. The van der Waals surface area contributed by atoms with Crippen molar-refractivity contribution in [3.8, 4) is 0 Å². The first-order valence-electron chi connectivity index (χ1n) is 4.54. The second-order valence-electron chi connectivity index (χ2n) is 3.34. The molecule has 1 saturated carbocycles. The zero-order valence-electron chi connectivity index (χ0n) is 7.96. The molecule has 0 saturated heterocycles. The van der Waals surface area contributed by atoms with Gasteiger partial charge in [-0.15, -0.1) is 0 Å². The summed E-state index contributed by atoms with van der Waals surface area (Å²) in [6.45, 7) is 1.27. The van der Waals surface area contributed by atoms with E-state index in [0.717, 1.165) is 6.42 Å². The number of rotatable bonds is 2. The van der Waals surface area contributed by atoms with E-state index in [1.807, 2.05) is 0 Å². The molecule has 0 aromatic heterocycles. The second kappa shape index (κ2) is 4.83. The third kappa shape index (κ3) is 2.61. The summed E-state index contributed by atoms with van der Waals surface area (Å²) in [5.41, 5.74) is 8.29. The maximum absolute atomic E-state index is 10.7. The highest BCUT2D eigenvalue weighted by Gasteiger charge is 2.33. The number of aliphatic hydroxyl groups excluding tert-OH is 1. The van der Waals surface area contributed by atoms with Crippen molar-refractivity contribution in [2.24, 2.45) is 5.11 Å². The molecule has 1 N–H and O–H groups in total. The van der Waals surface area contributed by atoms with Crippen molar-refractivity contribution in [3.05, 3.63) is 10.4 Å². The number of azide groups is 1. The summed E-state index contributed by atoms with van der Waals surface area (Å²) >= 11 is 0. The predicted octanol–water partition coefficient (Wildman–Crippen LogP) is 1.14. The molecular weight excluding hydrogens is 186 g/mol. The molecule has 0 amide bonds. The monoisotopic (exact) mass is 199 g/mol. The van der Waals surface area contributed by atoms with E-state index in [0.29, 0.717) is 12.8 Å². The van der Waals surface area contributed by atoms with Gasteiger partial charge in [0.05, 0.1) is 12.1 Å².